The van der Waals surface area contributed by atoms with Crippen LogP contribution >= 0.6 is 0 Å². The molecular formula is C16H20N4O. The number of aryl methyl sites for hydroxylation is 1. The summed E-state index contributed by atoms with van der Waals surface area (Å²) in [6.07, 6.45) is 1.86. The predicted molar refractivity (Wildman–Crippen MR) is 81.0 cm³/mol. The maximum atomic E-state index is 12.3. The van der Waals surface area contributed by atoms with Crippen molar-refractivity contribution in [3.05, 3.63) is 52.3 Å². The Hall–Kier alpha value is -2.14. The molecule has 1 aliphatic rings. The molecule has 0 saturated heterocycles. The highest BCUT2D eigenvalue weighted by Crippen LogP contribution is 2.15. The second-order valence-electron chi connectivity index (χ2n) is 5.26. The minimum absolute atomic E-state index is 0.109. The fraction of sp³-hybridized carbons (Fsp3) is 0.375. The number of carbonyl (C=O) groups excluding carboxylic acids is 1. The Morgan fingerprint density at radius 3 is 2.95 bits per heavy atom. The number of fused-ring (bicyclic) bond motifs is 1. The van der Waals surface area contributed by atoms with Crippen LogP contribution in [-0.2, 0) is 25.9 Å². The number of rotatable bonds is 4. The Kier molecular flexibility index (Phi) is 4.01. The van der Waals surface area contributed by atoms with E-state index in [1.165, 1.54) is 5.56 Å². The lowest BCUT2D eigenvalue weighted by Gasteiger charge is -2.13. The average Bonchev–Trinajstić information content (AvgIpc) is 2.97. The molecule has 0 saturated carbocycles. The molecule has 1 aromatic carbocycles. The van der Waals surface area contributed by atoms with Gasteiger partial charge in [0.15, 0.2) is 5.69 Å². The van der Waals surface area contributed by atoms with Gasteiger partial charge in [0.1, 0.15) is 0 Å². The van der Waals surface area contributed by atoms with Crippen LogP contribution in [0.15, 0.2) is 24.3 Å². The minimum Gasteiger partial charge on any atom is -0.347 e. The van der Waals surface area contributed by atoms with Gasteiger partial charge in [0.2, 0.25) is 0 Å². The average molecular weight is 284 g/mol. The fourth-order valence-electron chi connectivity index (χ4n) is 2.75. The lowest BCUT2D eigenvalue weighted by atomic mass is 10.0. The Labute approximate surface area is 124 Å². The molecule has 1 amide bonds. The van der Waals surface area contributed by atoms with Crippen molar-refractivity contribution >= 4 is 5.91 Å². The molecular weight excluding hydrogens is 264 g/mol. The topological polar surface area (TPSA) is 69.8 Å². The fourth-order valence-corrected chi connectivity index (χ4v) is 2.75. The summed E-state index contributed by atoms with van der Waals surface area (Å²) in [6.45, 7) is 4.30. The lowest BCUT2D eigenvalue weighted by Crippen LogP contribution is -2.28. The zero-order valence-corrected chi connectivity index (χ0v) is 12.2. The summed E-state index contributed by atoms with van der Waals surface area (Å²) in [5, 5.41) is 13.4. The van der Waals surface area contributed by atoms with Crippen LogP contribution in [0.1, 0.15) is 39.8 Å². The molecule has 3 rings (SSSR count). The van der Waals surface area contributed by atoms with Crippen LogP contribution < -0.4 is 10.6 Å². The van der Waals surface area contributed by atoms with Crippen molar-refractivity contribution in [3.63, 3.8) is 0 Å². The third-order valence-electron chi connectivity index (χ3n) is 3.96. The van der Waals surface area contributed by atoms with Gasteiger partial charge in [0.05, 0.1) is 0 Å². The standard InChI is InChI=1S/C16H20N4O/c1-2-11-5-3-4-6-12(11)9-18-16(21)15-13-10-17-8-7-14(13)19-20-15/h3-6,17H,2,7-10H2,1H3,(H,18,21)(H,19,20). The summed E-state index contributed by atoms with van der Waals surface area (Å²) in [7, 11) is 0. The van der Waals surface area contributed by atoms with Crippen molar-refractivity contribution in [3.8, 4) is 0 Å². The highest BCUT2D eigenvalue weighted by molar-refractivity contribution is 5.94. The number of nitrogens with zero attached hydrogens (tertiary/aromatic N) is 1. The second kappa shape index (κ2) is 6.10. The van der Waals surface area contributed by atoms with E-state index in [0.29, 0.717) is 18.8 Å². The smallest absolute Gasteiger partial charge is 0.272 e. The molecule has 0 fully saturated rings. The van der Waals surface area contributed by atoms with Crippen molar-refractivity contribution in [2.45, 2.75) is 32.9 Å². The van der Waals surface area contributed by atoms with E-state index in [4.69, 9.17) is 0 Å². The Morgan fingerprint density at radius 1 is 1.33 bits per heavy atom. The first-order valence-corrected chi connectivity index (χ1v) is 7.41. The quantitative estimate of drug-likeness (QED) is 0.798. The maximum absolute atomic E-state index is 12.3. The summed E-state index contributed by atoms with van der Waals surface area (Å²) in [5.41, 5.74) is 5.03. The first-order valence-electron chi connectivity index (χ1n) is 7.41. The van der Waals surface area contributed by atoms with Crippen LogP contribution in [0.25, 0.3) is 0 Å². The third-order valence-corrected chi connectivity index (χ3v) is 3.96. The van der Waals surface area contributed by atoms with Crippen molar-refractivity contribution < 1.29 is 4.79 Å². The molecule has 110 valence electrons. The Bertz CT molecular complexity index is 647. The van der Waals surface area contributed by atoms with Gasteiger partial charge in [-0.15, -0.1) is 0 Å². The number of carbonyl (C=O) groups is 1. The van der Waals surface area contributed by atoms with E-state index in [0.717, 1.165) is 36.2 Å². The van der Waals surface area contributed by atoms with E-state index in [1.807, 2.05) is 12.1 Å². The van der Waals surface area contributed by atoms with Crippen molar-refractivity contribution in [2.24, 2.45) is 0 Å². The molecule has 0 unspecified atom stereocenters. The van der Waals surface area contributed by atoms with Crippen LogP contribution in [0.5, 0.6) is 0 Å². The number of hydrogen-bond donors (Lipinski definition) is 3. The zero-order valence-electron chi connectivity index (χ0n) is 12.2. The summed E-state index contributed by atoms with van der Waals surface area (Å²) in [6, 6.07) is 8.18. The number of aromatic amines is 1. The van der Waals surface area contributed by atoms with Gasteiger partial charge in [-0.25, -0.2) is 0 Å². The summed E-state index contributed by atoms with van der Waals surface area (Å²) in [4.78, 5) is 12.3. The van der Waals surface area contributed by atoms with E-state index in [1.54, 1.807) is 0 Å². The maximum Gasteiger partial charge on any atom is 0.272 e. The lowest BCUT2D eigenvalue weighted by molar-refractivity contribution is 0.0944. The van der Waals surface area contributed by atoms with E-state index < -0.39 is 0 Å². The van der Waals surface area contributed by atoms with Crippen molar-refractivity contribution in [1.82, 2.24) is 20.8 Å². The summed E-state index contributed by atoms with van der Waals surface area (Å²) >= 11 is 0. The molecule has 5 heteroatoms. The van der Waals surface area contributed by atoms with Gasteiger partial charge in [0.25, 0.3) is 5.91 Å². The third kappa shape index (κ3) is 2.83. The number of benzene rings is 1. The largest absolute Gasteiger partial charge is 0.347 e. The molecule has 2 heterocycles. The van der Waals surface area contributed by atoms with Crippen molar-refractivity contribution in [2.75, 3.05) is 6.54 Å². The van der Waals surface area contributed by atoms with E-state index in [9.17, 15) is 4.79 Å². The first-order chi connectivity index (χ1) is 10.3. The molecule has 0 aliphatic carbocycles. The van der Waals surface area contributed by atoms with E-state index in [-0.39, 0.29) is 5.91 Å². The highest BCUT2D eigenvalue weighted by atomic mass is 16.1. The molecule has 2 aromatic rings. The number of amides is 1. The second-order valence-corrected chi connectivity index (χ2v) is 5.26. The summed E-state index contributed by atoms with van der Waals surface area (Å²) < 4.78 is 0. The van der Waals surface area contributed by atoms with Gasteiger partial charge in [0, 0.05) is 37.3 Å². The zero-order chi connectivity index (χ0) is 14.7. The Balaban J connectivity index is 1.71. The predicted octanol–water partition coefficient (Wildman–Crippen LogP) is 1.55. The van der Waals surface area contributed by atoms with Gasteiger partial charge in [-0.2, -0.15) is 5.10 Å². The Morgan fingerprint density at radius 2 is 2.14 bits per heavy atom. The minimum atomic E-state index is -0.109. The molecule has 0 spiro atoms. The van der Waals surface area contributed by atoms with Gasteiger partial charge >= 0.3 is 0 Å². The monoisotopic (exact) mass is 284 g/mol. The SMILES string of the molecule is CCc1ccccc1CNC(=O)c1n[nH]c2c1CNCC2. The highest BCUT2D eigenvalue weighted by Gasteiger charge is 2.21. The molecule has 5 nitrogen and oxygen atoms in total. The molecule has 1 aromatic heterocycles. The molecule has 1 aliphatic heterocycles. The van der Waals surface area contributed by atoms with Gasteiger partial charge in [-0.05, 0) is 17.5 Å². The summed E-state index contributed by atoms with van der Waals surface area (Å²) in [5.74, 6) is -0.109. The van der Waals surface area contributed by atoms with Crippen LogP contribution in [0.3, 0.4) is 0 Å². The van der Waals surface area contributed by atoms with Crippen LogP contribution in [0, 0.1) is 0 Å². The number of H-pyrrole nitrogens is 1. The molecule has 0 bridgehead atoms. The number of nitrogens with one attached hydrogen (secondary N) is 3. The van der Waals surface area contributed by atoms with Crippen LogP contribution in [-0.4, -0.2) is 22.6 Å². The van der Waals surface area contributed by atoms with Gasteiger partial charge in [-0.1, -0.05) is 31.2 Å². The van der Waals surface area contributed by atoms with E-state index in [2.05, 4.69) is 39.9 Å². The first kappa shape index (κ1) is 13.8. The number of hydrogen-bond acceptors (Lipinski definition) is 3. The van der Waals surface area contributed by atoms with Crippen molar-refractivity contribution in [1.29, 1.82) is 0 Å². The normalized spacial score (nSPS) is 13.8. The molecule has 3 N–H and O–H groups in total. The van der Waals surface area contributed by atoms with Gasteiger partial charge in [-0.3, -0.25) is 9.89 Å². The number of aromatic nitrogens is 2. The molecule has 0 radical (unpaired) electrons. The molecule has 21 heavy (non-hydrogen) atoms. The van der Waals surface area contributed by atoms with E-state index >= 15 is 0 Å². The van der Waals surface area contributed by atoms with Crippen LogP contribution in [0.2, 0.25) is 0 Å². The van der Waals surface area contributed by atoms with Crippen LogP contribution in [0.4, 0.5) is 0 Å². The van der Waals surface area contributed by atoms with Gasteiger partial charge < -0.3 is 10.6 Å². The molecule has 0 atom stereocenters.